The molecule has 0 saturated carbocycles. The molecule has 0 fully saturated rings. The van der Waals surface area contributed by atoms with Crippen LogP contribution in [0.4, 0.5) is 0 Å². The van der Waals surface area contributed by atoms with E-state index in [1.54, 1.807) is 6.20 Å². The van der Waals surface area contributed by atoms with Gasteiger partial charge in [-0.25, -0.2) is 0 Å². The molecule has 0 radical (unpaired) electrons. The average molecular weight is 180 g/mol. The Kier molecular flexibility index (Phi) is 3.88. The van der Waals surface area contributed by atoms with Gasteiger partial charge in [0.1, 0.15) is 5.75 Å². The second-order valence-corrected chi connectivity index (χ2v) is 2.69. The summed E-state index contributed by atoms with van der Waals surface area (Å²) in [6.45, 7) is 2.73. The van der Waals surface area contributed by atoms with E-state index >= 15 is 0 Å². The SMILES string of the molecule is Cc1ccc(OCCCN=O)cn1. The van der Waals surface area contributed by atoms with E-state index in [-0.39, 0.29) is 0 Å². The molecule has 4 heteroatoms. The largest absolute Gasteiger partial charge is 0.492 e. The molecule has 1 aromatic heterocycles. The zero-order valence-electron chi connectivity index (χ0n) is 7.56. The summed E-state index contributed by atoms with van der Waals surface area (Å²) in [5.74, 6) is 0.733. The summed E-state index contributed by atoms with van der Waals surface area (Å²) in [5, 5.41) is 2.74. The van der Waals surface area contributed by atoms with Gasteiger partial charge in [0.15, 0.2) is 0 Å². The van der Waals surface area contributed by atoms with E-state index in [2.05, 4.69) is 10.2 Å². The Morgan fingerprint density at radius 3 is 3.00 bits per heavy atom. The van der Waals surface area contributed by atoms with Gasteiger partial charge in [-0.2, -0.15) is 4.91 Å². The maximum absolute atomic E-state index is 9.74. The van der Waals surface area contributed by atoms with E-state index < -0.39 is 0 Å². The lowest BCUT2D eigenvalue weighted by atomic mass is 10.4. The Hall–Kier alpha value is -1.45. The van der Waals surface area contributed by atoms with E-state index in [1.165, 1.54) is 0 Å². The van der Waals surface area contributed by atoms with Crippen molar-refractivity contribution in [3.63, 3.8) is 0 Å². The highest BCUT2D eigenvalue weighted by Crippen LogP contribution is 2.08. The molecule has 0 aliphatic rings. The van der Waals surface area contributed by atoms with Crippen LogP contribution in [-0.2, 0) is 0 Å². The Morgan fingerprint density at radius 1 is 1.54 bits per heavy atom. The van der Waals surface area contributed by atoms with Crippen LogP contribution in [0.5, 0.6) is 5.75 Å². The van der Waals surface area contributed by atoms with Crippen LogP contribution in [0.1, 0.15) is 12.1 Å². The monoisotopic (exact) mass is 180 g/mol. The van der Waals surface area contributed by atoms with Crippen LogP contribution in [0.25, 0.3) is 0 Å². The number of aryl methyl sites for hydroxylation is 1. The minimum Gasteiger partial charge on any atom is -0.492 e. The molecule has 0 aromatic carbocycles. The van der Waals surface area contributed by atoms with Gasteiger partial charge in [0.05, 0.1) is 19.3 Å². The standard InChI is InChI=1S/C9H12N2O2/c1-8-3-4-9(7-10-8)13-6-2-5-11-12/h3-4,7H,2,5-6H2,1H3. The van der Waals surface area contributed by atoms with Crippen molar-refractivity contribution >= 4 is 0 Å². The number of rotatable bonds is 5. The van der Waals surface area contributed by atoms with Crippen LogP contribution in [0.15, 0.2) is 23.5 Å². The minimum absolute atomic E-state index is 0.305. The lowest BCUT2D eigenvalue weighted by Gasteiger charge is -2.03. The molecule has 1 rings (SSSR count). The molecule has 0 N–H and O–H groups in total. The van der Waals surface area contributed by atoms with Crippen LogP contribution >= 0.6 is 0 Å². The number of aromatic nitrogens is 1. The molecule has 0 saturated heterocycles. The highest BCUT2D eigenvalue weighted by atomic mass is 16.5. The molecule has 0 amide bonds. The molecule has 1 heterocycles. The van der Waals surface area contributed by atoms with Crippen LogP contribution in [-0.4, -0.2) is 18.1 Å². The third-order valence-electron chi connectivity index (χ3n) is 1.55. The molecule has 0 aliphatic heterocycles. The molecule has 0 aliphatic carbocycles. The summed E-state index contributed by atoms with van der Waals surface area (Å²) in [6, 6.07) is 3.74. The fraction of sp³-hybridized carbons (Fsp3) is 0.444. The van der Waals surface area contributed by atoms with Gasteiger partial charge in [0.2, 0.25) is 0 Å². The van der Waals surface area contributed by atoms with Gasteiger partial charge in [-0.3, -0.25) is 4.98 Å². The van der Waals surface area contributed by atoms with Crippen molar-refractivity contribution in [3.05, 3.63) is 28.9 Å². The van der Waals surface area contributed by atoms with Crippen molar-refractivity contribution in [3.8, 4) is 5.75 Å². The van der Waals surface area contributed by atoms with Gasteiger partial charge in [0.25, 0.3) is 0 Å². The first kappa shape index (κ1) is 9.64. The van der Waals surface area contributed by atoms with Gasteiger partial charge in [-0.15, -0.1) is 0 Å². The zero-order chi connectivity index (χ0) is 9.52. The summed E-state index contributed by atoms with van der Waals surface area (Å²) in [5.41, 5.74) is 0.960. The first-order chi connectivity index (χ1) is 6.33. The Morgan fingerprint density at radius 2 is 2.38 bits per heavy atom. The Labute approximate surface area is 76.9 Å². The van der Waals surface area contributed by atoms with Gasteiger partial charge in [0, 0.05) is 12.1 Å². The van der Waals surface area contributed by atoms with Crippen molar-refractivity contribution in [2.24, 2.45) is 5.18 Å². The van der Waals surface area contributed by atoms with E-state index in [4.69, 9.17) is 4.74 Å². The molecule has 70 valence electrons. The third kappa shape index (κ3) is 3.64. The van der Waals surface area contributed by atoms with Gasteiger partial charge in [-0.05, 0) is 19.1 Å². The number of ether oxygens (including phenoxy) is 1. The normalized spacial score (nSPS) is 9.62. The van der Waals surface area contributed by atoms with E-state index in [0.29, 0.717) is 19.6 Å². The summed E-state index contributed by atoms with van der Waals surface area (Å²) in [6.07, 6.45) is 2.32. The first-order valence-electron chi connectivity index (χ1n) is 4.17. The molecule has 0 spiro atoms. The molecule has 13 heavy (non-hydrogen) atoms. The fourth-order valence-electron chi connectivity index (χ4n) is 0.859. The summed E-state index contributed by atoms with van der Waals surface area (Å²) < 4.78 is 5.30. The fourth-order valence-corrected chi connectivity index (χ4v) is 0.859. The molecule has 0 unspecified atom stereocenters. The maximum atomic E-state index is 9.74. The van der Waals surface area contributed by atoms with Crippen molar-refractivity contribution in [1.82, 2.24) is 4.98 Å². The molecule has 1 aromatic rings. The lowest BCUT2D eigenvalue weighted by Crippen LogP contribution is -1.99. The van der Waals surface area contributed by atoms with E-state index in [9.17, 15) is 4.91 Å². The van der Waals surface area contributed by atoms with E-state index in [1.807, 2.05) is 19.1 Å². The van der Waals surface area contributed by atoms with Crippen molar-refractivity contribution in [1.29, 1.82) is 0 Å². The minimum atomic E-state index is 0.305. The summed E-state index contributed by atoms with van der Waals surface area (Å²) in [4.78, 5) is 13.8. The molecule has 4 nitrogen and oxygen atoms in total. The van der Waals surface area contributed by atoms with Crippen molar-refractivity contribution in [2.45, 2.75) is 13.3 Å². The smallest absolute Gasteiger partial charge is 0.137 e. The van der Waals surface area contributed by atoms with Crippen LogP contribution in [0.2, 0.25) is 0 Å². The topological polar surface area (TPSA) is 51.5 Å². The lowest BCUT2D eigenvalue weighted by molar-refractivity contribution is 0.312. The maximum Gasteiger partial charge on any atom is 0.137 e. The highest BCUT2D eigenvalue weighted by Gasteiger charge is 1.93. The van der Waals surface area contributed by atoms with Crippen molar-refractivity contribution in [2.75, 3.05) is 13.2 Å². The van der Waals surface area contributed by atoms with Gasteiger partial charge in [-0.1, -0.05) is 5.18 Å². The molecule has 0 bridgehead atoms. The zero-order valence-corrected chi connectivity index (χ0v) is 7.56. The predicted octanol–water partition coefficient (Wildman–Crippen LogP) is 1.93. The predicted molar refractivity (Wildman–Crippen MR) is 49.7 cm³/mol. The van der Waals surface area contributed by atoms with Crippen LogP contribution in [0.3, 0.4) is 0 Å². The van der Waals surface area contributed by atoms with E-state index in [0.717, 1.165) is 11.4 Å². The Balaban J connectivity index is 2.28. The number of nitrogens with zero attached hydrogens (tertiary/aromatic N) is 2. The summed E-state index contributed by atoms with van der Waals surface area (Å²) in [7, 11) is 0. The Bertz CT molecular complexity index is 259. The van der Waals surface area contributed by atoms with Crippen LogP contribution in [0, 0.1) is 11.8 Å². The quantitative estimate of drug-likeness (QED) is 0.513. The van der Waals surface area contributed by atoms with Crippen molar-refractivity contribution < 1.29 is 4.74 Å². The number of hydrogen-bond donors (Lipinski definition) is 0. The second-order valence-electron chi connectivity index (χ2n) is 2.69. The first-order valence-corrected chi connectivity index (χ1v) is 4.17. The van der Waals surface area contributed by atoms with Crippen LogP contribution < -0.4 is 4.74 Å². The molecular weight excluding hydrogens is 168 g/mol. The second kappa shape index (κ2) is 5.24. The molecule has 0 atom stereocenters. The average Bonchev–Trinajstić information content (AvgIpc) is 2.15. The number of hydrogen-bond acceptors (Lipinski definition) is 4. The number of nitroso groups, excluding NO2 is 1. The third-order valence-corrected chi connectivity index (χ3v) is 1.55. The number of pyridine rings is 1. The molecular formula is C9H12N2O2. The highest BCUT2D eigenvalue weighted by molar-refractivity contribution is 5.18. The van der Waals surface area contributed by atoms with Gasteiger partial charge >= 0.3 is 0 Å². The summed E-state index contributed by atoms with van der Waals surface area (Å²) >= 11 is 0. The van der Waals surface area contributed by atoms with Gasteiger partial charge < -0.3 is 4.74 Å².